The zero-order valence-corrected chi connectivity index (χ0v) is 13.1. The number of aliphatic hydroxyl groups is 1. The molecule has 0 amide bonds. The first-order valence-electron chi connectivity index (χ1n) is 6.25. The maximum absolute atomic E-state index is 13.3. The van der Waals surface area contributed by atoms with E-state index >= 15 is 0 Å². The minimum Gasteiger partial charge on any atom is -0.390 e. The van der Waals surface area contributed by atoms with Crippen LogP contribution in [0.5, 0.6) is 0 Å². The molecule has 1 aromatic rings. The van der Waals surface area contributed by atoms with E-state index in [9.17, 15) is 35.5 Å². The smallest absolute Gasteiger partial charge is 0.390 e. The SMILES string of the molecule is C=CC(C)OCC(O)Cc1c(F)c(F)c(F)c(F)c1F.OP(F)F. The molecule has 2 atom stereocenters. The van der Waals surface area contributed by atoms with Crippen LogP contribution in [0.25, 0.3) is 0 Å². The largest absolute Gasteiger partial charge is 0.412 e. The molecule has 0 saturated carbocycles. The Morgan fingerprint density at radius 3 is 1.79 bits per heavy atom. The molecule has 0 radical (unpaired) electrons. The Kier molecular flexibility index (Phi) is 10.1. The topological polar surface area (TPSA) is 49.7 Å². The van der Waals surface area contributed by atoms with Crippen LogP contribution in [-0.4, -0.2) is 28.8 Å². The molecule has 0 heterocycles. The maximum atomic E-state index is 13.3. The van der Waals surface area contributed by atoms with Crippen LogP contribution in [0, 0.1) is 29.1 Å². The second-order valence-electron chi connectivity index (χ2n) is 4.40. The minimum atomic E-state index is -3.62. The monoisotopic (exact) mass is 382 g/mol. The van der Waals surface area contributed by atoms with Gasteiger partial charge in [-0.15, -0.1) is 6.58 Å². The lowest BCUT2D eigenvalue weighted by atomic mass is 10.1. The lowest BCUT2D eigenvalue weighted by Crippen LogP contribution is -2.23. The molecule has 0 aliphatic carbocycles. The zero-order chi connectivity index (χ0) is 19.0. The summed E-state index contributed by atoms with van der Waals surface area (Å²) >= 11 is 0. The van der Waals surface area contributed by atoms with Gasteiger partial charge in [-0.05, 0) is 6.92 Å². The summed E-state index contributed by atoms with van der Waals surface area (Å²) in [5, 5.41) is 9.52. The van der Waals surface area contributed by atoms with E-state index in [1.165, 1.54) is 6.08 Å². The molecule has 1 rings (SSSR count). The highest BCUT2D eigenvalue weighted by atomic mass is 31.2. The number of aliphatic hydroxyl groups excluding tert-OH is 1. The highest BCUT2D eigenvalue weighted by Gasteiger charge is 2.26. The summed E-state index contributed by atoms with van der Waals surface area (Å²) < 4.78 is 90.3. The van der Waals surface area contributed by atoms with E-state index in [0.717, 1.165) is 0 Å². The van der Waals surface area contributed by atoms with Crippen molar-refractivity contribution in [1.82, 2.24) is 0 Å². The fourth-order valence-corrected chi connectivity index (χ4v) is 1.46. The lowest BCUT2D eigenvalue weighted by molar-refractivity contribution is 0.0161. The molecular weight excluding hydrogens is 368 g/mol. The highest BCUT2D eigenvalue weighted by molar-refractivity contribution is 7.39. The fourth-order valence-electron chi connectivity index (χ4n) is 1.46. The Labute approximate surface area is 134 Å². The molecule has 0 fully saturated rings. The molecule has 2 N–H and O–H groups in total. The van der Waals surface area contributed by atoms with Crippen LogP contribution in [0.4, 0.5) is 30.3 Å². The Hall–Kier alpha value is -1.22. The van der Waals surface area contributed by atoms with Crippen LogP contribution in [0.15, 0.2) is 12.7 Å². The van der Waals surface area contributed by atoms with Crippen molar-refractivity contribution in [3.05, 3.63) is 47.3 Å². The third-order valence-electron chi connectivity index (χ3n) is 2.62. The van der Waals surface area contributed by atoms with Crippen molar-refractivity contribution >= 4 is 8.77 Å². The molecule has 0 aliphatic rings. The molecule has 0 bridgehead atoms. The van der Waals surface area contributed by atoms with Crippen LogP contribution >= 0.6 is 8.77 Å². The summed E-state index contributed by atoms with van der Waals surface area (Å²) in [5.41, 5.74) is -1.07. The zero-order valence-electron chi connectivity index (χ0n) is 12.2. The molecule has 0 spiro atoms. The highest BCUT2D eigenvalue weighted by Crippen LogP contribution is 2.31. The number of rotatable bonds is 6. The van der Waals surface area contributed by atoms with Gasteiger partial charge in [0.05, 0.1) is 18.8 Å². The first-order valence-corrected chi connectivity index (χ1v) is 7.33. The van der Waals surface area contributed by atoms with Crippen molar-refractivity contribution < 1.29 is 45.1 Å². The number of hydrogen-bond acceptors (Lipinski definition) is 3. The number of benzene rings is 1. The first-order chi connectivity index (χ1) is 11.0. The number of hydrogen-bond donors (Lipinski definition) is 2. The predicted molar refractivity (Wildman–Crippen MR) is 72.9 cm³/mol. The van der Waals surface area contributed by atoms with Crippen LogP contribution < -0.4 is 0 Å². The van der Waals surface area contributed by atoms with Crippen LogP contribution in [0.2, 0.25) is 0 Å². The Morgan fingerprint density at radius 2 is 1.42 bits per heavy atom. The normalized spacial score (nSPS) is 13.3. The third kappa shape index (κ3) is 7.12. The van der Waals surface area contributed by atoms with Gasteiger partial charge in [-0.2, -0.15) is 8.39 Å². The first kappa shape index (κ1) is 22.8. The second-order valence-corrected chi connectivity index (χ2v) is 4.83. The van der Waals surface area contributed by atoms with E-state index in [1.807, 2.05) is 0 Å². The maximum Gasteiger partial charge on any atom is 0.412 e. The average Bonchev–Trinajstić information content (AvgIpc) is 2.52. The van der Waals surface area contributed by atoms with Crippen molar-refractivity contribution in [3.63, 3.8) is 0 Å². The van der Waals surface area contributed by atoms with E-state index < -0.39 is 62.0 Å². The predicted octanol–water partition coefficient (Wildman–Crippen LogP) is 4.02. The molecule has 2 unspecified atom stereocenters. The molecular formula is C13H14F7O3P. The standard InChI is InChI=1S/C13H13F5O2.F2HOP/c1-3-6(2)20-5-7(19)4-8-9(14)11(16)13(18)12(17)10(8)15;1-4(2)3/h3,6-7,19H,1,4-5H2,2H3;3H. The van der Waals surface area contributed by atoms with Gasteiger partial charge in [-0.1, -0.05) is 6.08 Å². The quantitative estimate of drug-likeness (QED) is 0.257. The Bertz CT molecular complexity index is 525. The molecule has 3 nitrogen and oxygen atoms in total. The van der Waals surface area contributed by atoms with E-state index in [2.05, 4.69) is 6.58 Å². The number of ether oxygens (including phenoxy) is 1. The van der Waals surface area contributed by atoms with Gasteiger partial charge in [-0.3, -0.25) is 0 Å². The second kappa shape index (κ2) is 10.6. The Morgan fingerprint density at radius 1 is 1.04 bits per heavy atom. The summed E-state index contributed by atoms with van der Waals surface area (Å²) in [6, 6.07) is 0. The summed E-state index contributed by atoms with van der Waals surface area (Å²) in [6.07, 6.45) is -1.16. The van der Waals surface area contributed by atoms with Gasteiger partial charge in [0, 0.05) is 12.0 Å². The van der Waals surface area contributed by atoms with Crippen LogP contribution in [-0.2, 0) is 11.2 Å². The number of halogens is 7. The summed E-state index contributed by atoms with van der Waals surface area (Å²) in [6.45, 7) is 4.70. The Balaban J connectivity index is 0.00000118. The third-order valence-corrected chi connectivity index (χ3v) is 2.62. The van der Waals surface area contributed by atoms with Crippen molar-refractivity contribution in [1.29, 1.82) is 0 Å². The van der Waals surface area contributed by atoms with E-state index in [0.29, 0.717) is 0 Å². The van der Waals surface area contributed by atoms with Gasteiger partial charge in [0.25, 0.3) is 0 Å². The van der Waals surface area contributed by atoms with E-state index in [-0.39, 0.29) is 6.61 Å². The summed E-state index contributed by atoms with van der Waals surface area (Å²) in [7, 11) is -3.62. The van der Waals surface area contributed by atoms with Crippen LogP contribution in [0.3, 0.4) is 0 Å². The van der Waals surface area contributed by atoms with Gasteiger partial charge in [0.15, 0.2) is 23.3 Å². The van der Waals surface area contributed by atoms with Crippen molar-refractivity contribution in [2.45, 2.75) is 25.6 Å². The van der Waals surface area contributed by atoms with E-state index in [1.54, 1.807) is 6.92 Å². The molecule has 11 heteroatoms. The van der Waals surface area contributed by atoms with Gasteiger partial charge in [0.2, 0.25) is 5.82 Å². The molecule has 24 heavy (non-hydrogen) atoms. The molecule has 0 aliphatic heterocycles. The van der Waals surface area contributed by atoms with Gasteiger partial charge in [0.1, 0.15) is 0 Å². The molecule has 0 aromatic heterocycles. The van der Waals surface area contributed by atoms with Crippen molar-refractivity contribution in [2.75, 3.05) is 6.61 Å². The molecule has 138 valence electrons. The fraction of sp³-hybridized carbons (Fsp3) is 0.385. The summed E-state index contributed by atoms with van der Waals surface area (Å²) in [5.74, 6) is -10.2. The van der Waals surface area contributed by atoms with Crippen molar-refractivity contribution in [2.24, 2.45) is 0 Å². The average molecular weight is 382 g/mol. The lowest BCUT2D eigenvalue weighted by Gasteiger charge is -2.15. The molecule has 0 saturated heterocycles. The molecule has 1 aromatic carbocycles. The summed E-state index contributed by atoms with van der Waals surface area (Å²) in [4.78, 5) is 6.79. The van der Waals surface area contributed by atoms with Gasteiger partial charge >= 0.3 is 8.77 Å². The van der Waals surface area contributed by atoms with Crippen molar-refractivity contribution in [3.8, 4) is 0 Å². The minimum absolute atomic E-state index is 0.327. The van der Waals surface area contributed by atoms with E-state index in [4.69, 9.17) is 9.63 Å². The van der Waals surface area contributed by atoms with Gasteiger partial charge in [-0.25, -0.2) is 22.0 Å². The van der Waals surface area contributed by atoms with Gasteiger partial charge < -0.3 is 14.7 Å². The van der Waals surface area contributed by atoms with Crippen LogP contribution in [0.1, 0.15) is 12.5 Å².